The van der Waals surface area contributed by atoms with Crippen LogP contribution in [0.3, 0.4) is 0 Å². The molecule has 1 atom stereocenters. The van der Waals surface area contributed by atoms with Crippen LogP contribution < -0.4 is 14.6 Å². The molecule has 0 aliphatic carbocycles. The molecule has 0 aliphatic rings. The van der Waals surface area contributed by atoms with Gasteiger partial charge in [-0.1, -0.05) is 23.7 Å². The first-order valence-corrected chi connectivity index (χ1v) is 9.38. The summed E-state index contributed by atoms with van der Waals surface area (Å²) in [5.41, 5.74) is 0.491. The van der Waals surface area contributed by atoms with E-state index in [1.165, 1.54) is 24.3 Å². The Labute approximate surface area is 151 Å². The van der Waals surface area contributed by atoms with Crippen molar-refractivity contribution >= 4 is 27.6 Å². The normalized spacial score (nSPS) is 12.6. The molecule has 2 aromatic carbocycles. The van der Waals surface area contributed by atoms with Crippen molar-refractivity contribution < 1.29 is 23.1 Å². The number of aliphatic carboxylic acids is 1. The van der Waals surface area contributed by atoms with E-state index >= 15 is 0 Å². The number of benzene rings is 2. The zero-order valence-electron chi connectivity index (χ0n) is 13.4. The molecule has 0 unspecified atom stereocenters. The van der Waals surface area contributed by atoms with Gasteiger partial charge in [-0.2, -0.15) is 0 Å². The van der Waals surface area contributed by atoms with E-state index in [-0.39, 0.29) is 4.90 Å². The molecule has 0 amide bonds. The summed E-state index contributed by atoms with van der Waals surface area (Å²) < 4.78 is 32.7. The largest absolute Gasteiger partial charge is 0.550 e. The van der Waals surface area contributed by atoms with Crippen LogP contribution in [0.1, 0.15) is 24.9 Å². The summed E-state index contributed by atoms with van der Waals surface area (Å²) in [6, 6.07) is 11.1. The zero-order chi connectivity index (χ0) is 18.4. The van der Waals surface area contributed by atoms with E-state index in [0.717, 1.165) is 0 Å². The van der Waals surface area contributed by atoms with Crippen LogP contribution in [0.4, 0.5) is 0 Å². The van der Waals surface area contributed by atoms with Gasteiger partial charge in [0.15, 0.2) is 0 Å². The molecule has 134 valence electrons. The summed E-state index contributed by atoms with van der Waals surface area (Å²) in [5.74, 6) is -0.753. The van der Waals surface area contributed by atoms with E-state index < -0.39 is 28.5 Å². The quantitative estimate of drug-likeness (QED) is 0.752. The number of rotatable bonds is 8. The first-order valence-electron chi connectivity index (χ1n) is 7.52. The Morgan fingerprint density at radius 3 is 2.28 bits per heavy atom. The van der Waals surface area contributed by atoms with Crippen molar-refractivity contribution in [1.29, 1.82) is 0 Å². The lowest BCUT2D eigenvalue weighted by Gasteiger charge is -2.20. The van der Waals surface area contributed by atoms with Gasteiger partial charge >= 0.3 is 0 Å². The molecule has 0 radical (unpaired) electrons. The molecule has 0 fully saturated rings. The number of carboxylic acids is 1. The smallest absolute Gasteiger partial charge is 0.241 e. The third kappa shape index (κ3) is 5.45. The zero-order valence-corrected chi connectivity index (χ0v) is 15.0. The molecule has 0 heterocycles. The first-order chi connectivity index (χ1) is 11.8. The summed E-state index contributed by atoms with van der Waals surface area (Å²) >= 11 is 5.76. The van der Waals surface area contributed by atoms with Gasteiger partial charge in [-0.25, -0.2) is 13.1 Å². The number of hydrogen-bond donors (Lipinski definition) is 1. The molecule has 0 spiro atoms. The van der Waals surface area contributed by atoms with Crippen LogP contribution in [0.15, 0.2) is 53.4 Å². The lowest BCUT2D eigenvalue weighted by atomic mass is 10.0. The highest BCUT2D eigenvalue weighted by Gasteiger charge is 2.21. The molecule has 0 bridgehead atoms. The molecule has 0 saturated heterocycles. The van der Waals surface area contributed by atoms with Crippen molar-refractivity contribution in [3.63, 3.8) is 0 Å². The van der Waals surface area contributed by atoms with Crippen molar-refractivity contribution in [2.75, 3.05) is 6.61 Å². The van der Waals surface area contributed by atoms with E-state index in [9.17, 15) is 18.3 Å². The Kier molecular flexibility index (Phi) is 6.41. The molecule has 8 heteroatoms. The third-order valence-corrected chi connectivity index (χ3v) is 5.13. The average Bonchev–Trinajstić information content (AvgIpc) is 2.55. The second kappa shape index (κ2) is 8.33. The fourth-order valence-corrected chi connectivity index (χ4v) is 3.58. The van der Waals surface area contributed by atoms with Gasteiger partial charge in [-0.15, -0.1) is 0 Å². The average molecular weight is 383 g/mol. The SMILES string of the molecule is CCOc1ccc([C@H](CC(=O)[O-])NS(=O)(=O)c2ccc(Cl)cc2)cc1. The Morgan fingerprint density at radius 1 is 1.16 bits per heavy atom. The molecule has 2 aromatic rings. The Morgan fingerprint density at radius 2 is 1.76 bits per heavy atom. The van der Waals surface area contributed by atoms with Gasteiger partial charge in [0.05, 0.1) is 17.5 Å². The fourth-order valence-electron chi connectivity index (χ4n) is 2.23. The van der Waals surface area contributed by atoms with Crippen LogP contribution in [0.25, 0.3) is 0 Å². The van der Waals surface area contributed by atoms with Crippen molar-refractivity contribution in [2.45, 2.75) is 24.3 Å². The summed E-state index contributed by atoms with van der Waals surface area (Å²) in [6.45, 7) is 2.33. The number of carbonyl (C=O) groups is 1. The number of halogens is 1. The predicted octanol–water partition coefficient (Wildman–Crippen LogP) is 1.90. The van der Waals surface area contributed by atoms with Gasteiger partial charge in [0.25, 0.3) is 0 Å². The maximum Gasteiger partial charge on any atom is 0.241 e. The summed E-state index contributed by atoms with van der Waals surface area (Å²) in [5, 5.41) is 11.4. The Balaban J connectivity index is 2.27. The minimum absolute atomic E-state index is 0.00816. The van der Waals surface area contributed by atoms with E-state index in [4.69, 9.17) is 16.3 Å². The monoisotopic (exact) mass is 382 g/mol. The van der Waals surface area contributed by atoms with Gasteiger partial charge < -0.3 is 14.6 Å². The van der Waals surface area contributed by atoms with Crippen molar-refractivity contribution in [3.8, 4) is 5.75 Å². The molecule has 6 nitrogen and oxygen atoms in total. The number of carboxylic acid groups (broad SMARTS) is 1. The standard InChI is InChI=1S/C17H18ClNO5S/c1-2-24-14-7-3-12(4-8-14)16(11-17(20)21)19-25(22,23)15-9-5-13(18)6-10-15/h3-10,16,19H,2,11H2,1H3,(H,20,21)/p-1/t16-/m0/s1. The predicted molar refractivity (Wildman–Crippen MR) is 91.7 cm³/mol. The van der Waals surface area contributed by atoms with Gasteiger partial charge in [0.1, 0.15) is 5.75 Å². The van der Waals surface area contributed by atoms with E-state index in [2.05, 4.69) is 4.72 Å². The minimum atomic E-state index is -3.92. The second-order valence-electron chi connectivity index (χ2n) is 5.21. The van der Waals surface area contributed by atoms with Crippen LogP contribution in [-0.4, -0.2) is 21.0 Å². The van der Waals surface area contributed by atoms with E-state index in [1.807, 2.05) is 6.92 Å². The van der Waals surface area contributed by atoms with Crippen LogP contribution in [0.5, 0.6) is 5.75 Å². The fraction of sp³-hybridized carbons (Fsp3) is 0.235. The van der Waals surface area contributed by atoms with Crippen molar-refractivity contribution in [3.05, 3.63) is 59.1 Å². The maximum atomic E-state index is 12.5. The molecule has 0 saturated carbocycles. The Bertz CT molecular complexity index is 819. The molecular formula is C17H17ClNO5S-. The third-order valence-electron chi connectivity index (χ3n) is 3.39. The van der Waals surface area contributed by atoms with Gasteiger partial charge in [0.2, 0.25) is 10.0 Å². The molecule has 25 heavy (non-hydrogen) atoms. The topological polar surface area (TPSA) is 95.5 Å². The number of sulfonamides is 1. The van der Waals surface area contributed by atoms with Gasteiger partial charge in [0, 0.05) is 17.4 Å². The summed E-state index contributed by atoms with van der Waals surface area (Å²) in [4.78, 5) is 11.0. The highest BCUT2D eigenvalue weighted by atomic mass is 35.5. The number of hydrogen-bond acceptors (Lipinski definition) is 5. The van der Waals surface area contributed by atoms with Gasteiger partial charge in [-0.05, 0) is 48.9 Å². The van der Waals surface area contributed by atoms with Crippen molar-refractivity contribution in [2.24, 2.45) is 0 Å². The molecular weight excluding hydrogens is 366 g/mol. The minimum Gasteiger partial charge on any atom is -0.550 e. The Hall–Kier alpha value is -2.09. The number of ether oxygens (including phenoxy) is 1. The van der Waals surface area contributed by atoms with Crippen molar-refractivity contribution in [1.82, 2.24) is 4.72 Å². The number of carbonyl (C=O) groups excluding carboxylic acids is 1. The van der Waals surface area contributed by atoms with Crippen LogP contribution in [-0.2, 0) is 14.8 Å². The molecule has 0 aromatic heterocycles. The van der Waals surface area contributed by atoms with Crippen LogP contribution in [0, 0.1) is 0 Å². The number of nitrogens with one attached hydrogen (secondary N) is 1. The van der Waals surface area contributed by atoms with E-state index in [1.54, 1.807) is 24.3 Å². The summed E-state index contributed by atoms with van der Waals surface area (Å²) in [6.07, 6.45) is -0.499. The highest BCUT2D eigenvalue weighted by Crippen LogP contribution is 2.23. The second-order valence-corrected chi connectivity index (χ2v) is 7.36. The highest BCUT2D eigenvalue weighted by molar-refractivity contribution is 7.89. The molecule has 2 rings (SSSR count). The first kappa shape index (κ1) is 19.2. The van der Waals surface area contributed by atoms with Crippen LogP contribution >= 0.6 is 11.6 Å². The lowest BCUT2D eigenvalue weighted by Crippen LogP contribution is -2.34. The lowest BCUT2D eigenvalue weighted by molar-refractivity contribution is -0.306. The molecule has 1 N–H and O–H groups in total. The summed E-state index contributed by atoms with van der Waals surface area (Å²) in [7, 11) is -3.92. The van der Waals surface area contributed by atoms with Gasteiger partial charge in [-0.3, -0.25) is 0 Å². The van der Waals surface area contributed by atoms with Crippen LogP contribution in [0.2, 0.25) is 5.02 Å². The maximum absolute atomic E-state index is 12.5. The molecule has 0 aliphatic heterocycles. The van der Waals surface area contributed by atoms with E-state index in [0.29, 0.717) is 22.9 Å².